The Hall–Kier alpha value is -1.81. The van der Waals surface area contributed by atoms with E-state index >= 15 is 0 Å². The highest BCUT2D eigenvalue weighted by Crippen LogP contribution is 2.20. The lowest BCUT2D eigenvalue weighted by molar-refractivity contribution is 0.471. The third-order valence-corrected chi connectivity index (χ3v) is 2.85. The van der Waals surface area contributed by atoms with Gasteiger partial charge >= 0.3 is 0 Å². The molecule has 4 heteroatoms. The van der Waals surface area contributed by atoms with Crippen LogP contribution >= 0.6 is 0 Å². The lowest BCUT2D eigenvalue weighted by Gasteiger charge is -2.17. The molecule has 0 bridgehead atoms. The summed E-state index contributed by atoms with van der Waals surface area (Å²) in [5, 5.41) is 0. The average Bonchev–Trinajstić information content (AvgIpc) is 2.36. The Labute approximate surface area is 112 Å². The van der Waals surface area contributed by atoms with Crippen LogP contribution in [0.1, 0.15) is 26.1 Å². The van der Waals surface area contributed by atoms with Crippen molar-refractivity contribution >= 4 is 0 Å². The number of aryl methyl sites for hydroxylation is 1. The zero-order valence-electron chi connectivity index (χ0n) is 11.2. The first kappa shape index (κ1) is 13.6. The molecule has 0 fully saturated rings. The van der Waals surface area contributed by atoms with Crippen molar-refractivity contribution < 1.29 is 4.39 Å². The second-order valence-corrected chi connectivity index (χ2v) is 5.33. The largest absolute Gasteiger partial charge is 0.326 e. The van der Waals surface area contributed by atoms with Gasteiger partial charge < -0.3 is 5.73 Å². The van der Waals surface area contributed by atoms with E-state index in [0.717, 1.165) is 6.42 Å². The summed E-state index contributed by atoms with van der Waals surface area (Å²) in [6, 6.07) is 8.32. The van der Waals surface area contributed by atoms with Crippen LogP contribution in [0.15, 0.2) is 36.5 Å². The first-order valence-corrected chi connectivity index (χ1v) is 6.31. The molecule has 1 aromatic carbocycles. The maximum atomic E-state index is 13.7. The van der Waals surface area contributed by atoms with Crippen molar-refractivity contribution in [3.63, 3.8) is 0 Å². The van der Waals surface area contributed by atoms with E-state index in [1.54, 1.807) is 30.5 Å². The SMILES string of the molecule is CC(C)(N)CCc1nccc(-c2ccccc2F)n1. The molecule has 0 aliphatic rings. The van der Waals surface area contributed by atoms with Gasteiger partial charge in [0.25, 0.3) is 0 Å². The molecular formula is C15H18FN3. The Morgan fingerprint density at radius 2 is 1.95 bits per heavy atom. The minimum atomic E-state index is -0.272. The molecule has 0 unspecified atom stereocenters. The highest BCUT2D eigenvalue weighted by atomic mass is 19.1. The van der Waals surface area contributed by atoms with Crippen LogP contribution in [0, 0.1) is 5.82 Å². The quantitative estimate of drug-likeness (QED) is 0.918. The van der Waals surface area contributed by atoms with E-state index in [1.165, 1.54) is 6.07 Å². The van der Waals surface area contributed by atoms with Crippen molar-refractivity contribution in [3.05, 3.63) is 48.2 Å². The molecule has 0 amide bonds. The van der Waals surface area contributed by atoms with Crippen molar-refractivity contribution in [3.8, 4) is 11.3 Å². The van der Waals surface area contributed by atoms with Gasteiger partial charge in [0.2, 0.25) is 0 Å². The van der Waals surface area contributed by atoms with Gasteiger partial charge in [0.05, 0.1) is 5.69 Å². The number of rotatable bonds is 4. The van der Waals surface area contributed by atoms with Gasteiger partial charge in [-0.3, -0.25) is 0 Å². The van der Waals surface area contributed by atoms with Gasteiger partial charge in [0.15, 0.2) is 0 Å². The molecule has 1 aromatic heterocycles. The van der Waals surface area contributed by atoms with E-state index < -0.39 is 0 Å². The Morgan fingerprint density at radius 3 is 2.63 bits per heavy atom. The maximum Gasteiger partial charge on any atom is 0.132 e. The summed E-state index contributed by atoms with van der Waals surface area (Å²) in [5.41, 5.74) is 6.80. The lowest BCUT2D eigenvalue weighted by atomic mass is 10.00. The van der Waals surface area contributed by atoms with Gasteiger partial charge in [-0.1, -0.05) is 12.1 Å². The van der Waals surface area contributed by atoms with Crippen molar-refractivity contribution in [2.45, 2.75) is 32.2 Å². The summed E-state index contributed by atoms with van der Waals surface area (Å²) in [4.78, 5) is 8.61. The van der Waals surface area contributed by atoms with E-state index in [1.807, 2.05) is 13.8 Å². The van der Waals surface area contributed by atoms with E-state index in [2.05, 4.69) is 9.97 Å². The number of aromatic nitrogens is 2. The van der Waals surface area contributed by atoms with Crippen LogP contribution < -0.4 is 5.73 Å². The number of hydrogen-bond acceptors (Lipinski definition) is 3. The number of nitrogens with two attached hydrogens (primary N) is 1. The average molecular weight is 259 g/mol. The number of halogens is 1. The zero-order chi connectivity index (χ0) is 13.9. The summed E-state index contributed by atoms with van der Waals surface area (Å²) in [6.45, 7) is 3.93. The fourth-order valence-corrected chi connectivity index (χ4v) is 1.77. The first-order chi connectivity index (χ1) is 8.96. The molecule has 1 heterocycles. The molecule has 0 saturated heterocycles. The topological polar surface area (TPSA) is 51.8 Å². The zero-order valence-corrected chi connectivity index (χ0v) is 11.2. The highest BCUT2D eigenvalue weighted by Gasteiger charge is 2.12. The van der Waals surface area contributed by atoms with Gasteiger partial charge in [-0.15, -0.1) is 0 Å². The molecule has 0 aliphatic heterocycles. The van der Waals surface area contributed by atoms with E-state index in [0.29, 0.717) is 23.5 Å². The lowest BCUT2D eigenvalue weighted by Crippen LogP contribution is -2.32. The fraction of sp³-hybridized carbons (Fsp3) is 0.333. The first-order valence-electron chi connectivity index (χ1n) is 6.31. The van der Waals surface area contributed by atoms with Crippen LogP contribution in [0.4, 0.5) is 4.39 Å². The normalized spacial score (nSPS) is 11.6. The Morgan fingerprint density at radius 1 is 1.21 bits per heavy atom. The smallest absolute Gasteiger partial charge is 0.132 e. The molecule has 100 valence electrons. The second-order valence-electron chi connectivity index (χ2n) is 5.33. The van der Waals surface area contributed by atoms with Crippen molar-refractivity contribution in [2.75, 3.05) is 0 Å². The van der Waals surface area contributed by atoms with Crippen LogP contribution in [0.5, 0.6) is 0 Å². The van der Waals surface area contributed by atoms with Crippen LogP contribution in [-0.4, -0.2) is 15.5 Å². The molecular weight excluding hydrogens is 241 g/mol. The van der Waals surface area contributed by atoms with Gasteiger partial charge in [0, 0.05) is 23.7 Å². The van der Waals surface area contributed by atoms with E-state index in [9.17, 15) is 4.39 Å². The monoisotopic (exact) mass is 259 g/mol. The fourth-order valence-electron chi connectivity index (χ4n) is 1.77. The standard InChI is InChI=1S/C15H18FN3/c1-15(2,17)9-7-14-18-10-8-13(19-14)11-5-3-4-6-12(11)16/h3-6,8,10H,7,9,17H2,1-2H3. The number of nitrogens with zero attached hydrogens (tertiary/aromatic N) is 2. The maximum absolute atomic E-state index is 13.7. The Bertz CT molecular complexity index is 561. The predicted octanol–water partition coefficient (Wildman–Crippen LogP) is 2.95. The summed E-state index contributed by atoms with van der Waals surface area (Å²) < 4.78 is 13.7. The molecule has 0 aliphatic carbocycles. The molecule has 2 aromatic rings. The van der Waals surface area contributed by atoms with Gasteiger partial charge in [-0.05, 0) is 38.5 Å². The van der Waals surface area contributed by atoms with Crippen LogP contribution in [0.2, 0.25) is 0 Å². The van der Waals surface area contributed by atoms with Crippen LogP contribution in [0.25, 0.3) is 11.3 Å². The van der Waals surface area contributed by atoms with Crippen molar-refractivity contribution in [2.24, 2.45) is 5.73 Å². The van der Waals surface area contributed by atoms with Crippen LogP contribution in [-0.2, 0) is 6.42 Å². The third-order valence-electron chi connectivity index (χ3n) is 2.85. The third kappa shape index (κ3) is 3.83. The van der Waals surface area contributed by atoms with Gasteiger partial charge in [-0.2, -0.15) is 0 Å². The van der Waals surface area contributed by atoms with Crippen molar-refractivity contribution in [1.82, 2.24) is 9.97 Å². The molecule has 19 heavy (non-hydrogen) atoms. The number of hydrogen-bond donors (Lipinski definition) is 1. The Kier molecular flexibility index (Phi) is 3.90. The molecule has 3 nitrogen and oxygen atoms in total. The minimum Gasteiger partial charge on any atom is -0.326 e. The van der Waals surface area contributed by atoms with E-state index in [4.69, 9.17) is 5.73 Å². The summed E-state index contributed by atoms with van der Waals surface area (Å²) >= 11 is 0. The molecule has 2 rings (SSSR count). The molecule has 0 radical (unpaired) electrons. The molecule has 0 atom stereocenters. The van der Waals surface area contributed by atoms with Gasteiger partial charge in [0.1, 0.15) is 11.6 Å². The summed E-state index contributed by atoms with van der Waals surface area (Å²) in [7, 11) is 0. The summed E-state index contributed by atoms with van der Waals surface area (Å²) in [6.07, 6.45) is 3.13. The summed E-state index contributed by atoms with van der Waals surface area (Å²) in [5.74, 6) is 0.422. The van der Waals surface area contributed by atoms with Crippen molar-refractivity contribution in [1.29, 1.82) is 0 Å². The molecule has 0 saturated carbocycles. The number of benzene rings is 1. The highest BCUT2D eigenvalue weighted by molar-refractivity contribution is 5.59. The van der Waals surface area contributed by atoms with Gasteiger partial charge in [-0.25, -0.2) is 14.4 Å². The second kappa shape index (κ2) is 5.45. The van der Waals surface area contributed by atoms with E-state index in [-0.39, 0.29) is 11.4 Å². The molecule has 2 N–H and O–H groups in total. The minimum absolute atomic E-state index is 0.253. The molecule has 0 spiro atoms. The Balaban J connectivity index is 2.23. The predicted molar refractivity (Wildman–Crippen MR) is 74.0 cm³/mol. The van der Waals surface area contributed by atoms with Crippen LogP contribution in [0.3, 0.4) is 0 Å².